The van der Waals surface area contributed by atoms with Crippen LogP contribution in [0.25, 0.3) is 0 Å². The van der Waals surface area contributed by atoms with E-state index in [2.05, 4.69) is 21.9 Å². The summed E-state index contributed by atoms with van der Waals surface area (Å²) in [7, 11) is 0. The van der Waals surface area contributed by atoms with Gasteiger partial charge in [-0.1, -0.05) is 0 Å². The number of hydrogen-bond donors (Lipinski definition) is 1. The van der Waals surface area contributed by atoms with E-state index < -0.39 is 0 Å². The lowest BCUT2D eigenvalue weighted by molar-refractivity contribution is 0.171. The minimum Gasteiger partial charge on any atom is -0.486 e. The Kier molecular flexibility index (Phi) is 5.40. The van der Waals surface area contributed by atoms with E-state index in [4.69, 9.17) is 15.2 Å². The van der Waals surface area contributed by atoms with Crippen molar-refractivity contribution in [3.05, 3.63) is 18.2 Å². The van der Waals surface area contributed by atoms with Crippen LogP contribution in [0.1, 0.15) is 19.3 Å². The van der Waals surface area contributed by atoms with Crippen molar-refractivity contribution in [2.45, 2.75) is 19.3 Å². The van der Waals surface area contributed by atoms with Gasteiger partial charge in [0.25, 0.3) is 0 Å². The monoisotopic (exact) mass is 305 g/mol. The standard InChI is InChI=1S/C17H27N3O2/c18-6-1-2-7-19-8-3-9-20(11-10-19)15-4-5-16-17(14-15)22-13-12-21-16/h4-5,14H,1-3,6-13,18H2. The summed E-state index contributed by atoms with van der Waals surface area (Å²) in [5.41, 5.74) is 6.82. The van der Waals surface area contributed by atoms with Gasteiger partial charge < -0.3 is 25.0 Å². The first-order chi connectivity index (χ1) is 10.9. The second-order valence-electron chi connectivity index (χ2n) is 6.01. The van der Waals surface area contributed by atoms with Crippen molar-refractivity contribution in [3.63, 3.8) is 0 Å². The first kappa shape index (κ1) is 15.4. The smallest absolute Gasteiger partial charge is 0.163 e. The van der Waals surface area contributed by atoms with E-state index in [9.17, 15) is 0 Å². The predicted octanol–water partition coefficient (Wildman–Crippen LogP) is 1.71. The summed E-state index contributed by atoms with van der Waals surface area (Å²) in [6.45, 7) is 7.75. The zero-order valence-electron chi connectivity index (χ0n) is 13.3. The summed E-state index contributed by atoms with van der Waals surface area (Å²) >= 11 is 0. The zero-order valence-corrected chi connectivity index (χ0v) is 13.3. The number of ether oxygens (including phenoxy) is 2. The normalized spacial score (nSPS) is 19.0. The lowest BCUT2D eigenvalue weighted by atomic mass is 10.2. The summed E-state index contributed by atoms with van der Waals surface area (Å²) in [4.78, 5) is 5.02. The van der Waals surface area contributed by atoms with Crippen LogP contribution in [0.3, 0.4) is 0 Å². The van der Waals surface area contributed by atoms with Crippen LogP contribution in [0, 0.1) is 0 Å². The van der Waals surface area contributed by atoms with Crippen LogP contribution in [0.15, 0.2) is 18.2 Å². The molecule has 0 atom stereocenters. The molecule has 0 unspecified atom stereocenters. The average molecular weight is 305 g/mol. The topological polar surface area (TPSA) is 51.0 Å². The van der Waals surface area contributed by atoms with Gasteiger partial charge in [0.1, 0.15) is 13.2 Å². The molecule has 1 aromatic carbocycles. The quantitative estimate of drug-likeness (QED) is 0.839. The molecule has 5 heteroatoms. The lowest BCUT2D eigenvalue weighted by Crippen LogP contribution is -2.31. The van der Waals surface area contributed by atoms with Crippen molar-refractivity contribution < 1.29 is 9.47 Å². The Balaban J connectivity index is 1.58. The molecular formula is C17H27N3O2. The molecule has 22 heavy (non-hydrogen) atoms. The first-order valence-corrected chi connectivity index (χ1v) is 8.44. The number of anilines is 1. The van der Waals surface area contributed by atoms with Crippen molar-refractivity contribution in [1.29, 1.82) is 0 Å². The van der Waals surface area contributed by atoms with E-state index in [-0.39, 0.29) is 0 Å². The van der Waals surface area contributed by atoms with Crippen LogP contribution in [-0.4, -0.2) is 57.4 Å². The van der Waals surface area contributed by atoms with Gasteiger partial charge in [-0.3, -0.25) is 0 Å². The van der Waals surface area contributed by atoms with Crippen LogP contribution in [-0.2, 0) is 0 Å². The molecule has 0 bridgehead atoms. The van der Waals surface area contributed by atoms with Crippen molar-refractivity contribution in [2.24, 2.45) is 5.73 Å². The van der Waals surface area contributed by atoms with Crippen LogP contribution < -0.4 is 20.1 Å². The number of rotatable bonds is 5. The third-order valence-electron chi connectivity index (χ3n) is 4.41. The number of fused-ring (bicyclic) bond motifs is 1. The fourth-order valence-corrected chi connectivity index (χ4v) is 3.16. The van der Waals surface area contributed by atoms with Crippen molar-refractivity contribution in [1.82, 2.24) is 4.90 Å². The van der Waals surface area contributed by atoms with Gasteiger partial charge in [0, 0.05) is 31.4 Å². The van der Waals surface area contributed by atoms with Gasteiger partial charge in [-0.15, -0.1) is 0 Å². The SMILES string of the molecule is NCCCCN1CCCN(c2ccc3c(c2)OCCO3)CC1. The maximum absolute atomic E-state index is 5.70. The first-order valence-electron chi connectivity index (χ1n) is 8.44. The highest BCUT2D eigenvalue weighted by atomic mass is 16.6. The van der Waals surface area contributed by atoms with E-state index in [0.29, 0.717) is 13.2 Å². The second kappa shape index (κ2) is 7.70. The molecule has 122 valence electrons. The number of nitrogens with two attached hydrogens (primary N) is 1. The molecule has 2 aliphatic heterocycles. The molecule has 0 amide bonds. The largest absolute Gasteiger partial charge is 0.486 e. The van der Waals surface area contributed by atoms with Gasteiger partial charge >= 0.3 is 0 Å². The van der Waals surface area contributed by atoms with Crippen molar-refractivity contribution in [2.75, 3.05) is 57.4 Å². The Morgan fingerprint density at radius 2 is 1.82 bits per heavy atom. The minimum atomic E-state index is 0.644. The Bertz CT molecular complexity index is 481. The van der Waals surface area contributed by atoms with E-state index >= 15 is 0 Å². The Hall–Kier alpha value is -1.46. The fourth-order valence-electron chi connectivity index (χ4n) is 3.16. The van der Waals surface area contributed by atoms with Gasteiger partial charge in [-0.05, 0) is 51.0 Å². The summed E-state index contributed by atoms with van der Waals surface area (Å²) in [5.74, 6) is 1.75. The summed E-state index contributed by atoms with van der Waals surface area (Å²) in [6, 6.07) is 6.31. The maximum atomic E-state index is 5.70. The zero-order chi connectivity index (χ0) is 15.2. The van der Waals surface area contributed by atoms with E-state index in [0.717, 1.165) is 44.1 Å². The number of unbranched alkanes of at least 4 members (excludes halogenated alkanes) is 1. The lowest BCUT2D eigenvalue weighted by Gasteiger charge is -2.26. The van der Waals surface area contributed by atoms with E-state index in [1.165, 1.54) is 31.6 Å². The van der Waals surface area contributed by atoms with Crippen LogP contribution in [0.4, 0.5) is 5.69 Å². The third-order valence-corrected chi connectivity index (χ3v) is 4.41. The van der Waals surface area contributed by atoms with Gasteiger partial charge in [-0.25, -0.2) is 0 Å². The number of nitrogens with zero attached hydrogens (tertiary/aromatic N) is 2. The molecule has 5 nitrogen and oxygen atoms in total. The molecule has 0 radical (unpaired) electrons. The van der Waals surface area contributed by atoms with Crippen molar-refractivity contribution in [3.8, 4) is 11.5 Å². The molecule has 0 aromatic heterocycles. The molecule has 1 aromatic rings. The Labute approximate surface area is 133 Å². The summed E-state index contributed by atoms with van der Waals surface area (Å²) in [6.07, 6.45) is 3.54. The molecule has 2 N–H and O–H groups in total. The molecule has 2 aliphatic rings. The molecule has 3 rings (SSSR count). The molecule has 0 spiro atoms. The molecule has 1 fully saturated rings. The predicted molar refractivity (Wildman–Crippen MR) is 89.0 cm³/mol. The van der Waals surface area contributed by atoms with Crippen molar-refractivity contribution >= 4 is 5.69 Å². The second-order valence-corrected chi connectivity index (χ2v) is 6.01. The number of hydrogen-bond acceptors (Lipinski definition) is 5. The highest BCUT2D eigenvalue weighted by Crippen LogP contribution is 2.34. The highest BCUT2D eigenvalue weighted by molar-refractivity contribution is 5.56. The van der Waals surface area contributed by atoms with E-state index in [1.54, 1.807) is 0 Å². The molecule has 0 saturated carbocycles. The summed E-state index contributed by atoms with van der Waals surface area (Å²) < 4.78 is 11.3. The molecule has 0 aliphatic carbocycles. The van der Waals surface area contributed by atoms with Gasteiger partial charge in [0.05, 0.1) is 0 Å². The highest BCUT2D eigenvalue weighted by Gasteiger charge is 2.18. The third kappa shape index (κ3) is 3.84. The Morgan fingerprint density at radius 1 is 0.955 bits per heavy atom. The molecule has 2 heterocycles. The number of benzene rings is 1. The van der Waals surface area contributed by atoms with E-state index in [1.807, 2.05) is 6.07 Å². The summed E-state index contributed by atoms with van der Waals surface area (Å²) in [5, 5.41) is 0. The van der Waals surface area contributed by atoms with Crippen LogP contribution in [0.5, 0.6) is 11.5 Å². The maximum Gasteiger partial charge on any atom is 0.163 e. The van der Waals surface area contributed by atoms with Gasteiger partial charge in [0.2, 0.25) is 0 Å². The Morgan fingerprint density at radius 3 is 2.68 bits per heavy atom. The van der Waals surface area contributed by atoms with Gasteiger partial charge in [-0.2, -0.15) is 0 Å². The average Bonchev–Trinajstić information content (AvgIpc) is 2.80. The fraction of sp³-hybridized carbons (Fsp3) is 0.647. The molecular weight excluding hydrogens is 278 g/mol. The van der Waals surface area contributed by atoms with Crippen LogP contribution >= 0.6 is 0 Å². The minimum absolute atomic E-state index is 0.644. The molecule has 1 saturated heterocycles. The van der Waals surface area contributed by atoms with Gasteiger partial charge in [0.15, 0.2) is 11.5 Å². The van der Waals surface area contributed by atoms with Crippen LogP contribution in [0.2, 0.25) is 0 Å².